The number of hydrogen-bond donors (Lipinski definition) is 0. The summed E-state index contributed by atoms with van der Waals surface area (Å²) < 4.78 is 0. The molecule has 0 radical (unpaired) electrons. The molecule has 2 aromatic rings. The highest BCUT2D eigenvalue weighted by Gasteiger charge is 2.03. The van der Waals surface area contributed by atoms with Crippen LogP contribution in [-0.2, 0) is 13.1 Å². The molecule has 0 atom stereocenters. The third-order valence-electron chi connectivity index (χ3n) is 2.68. The molecular weight excluding hydrogens is 224 g/mol. The minimum absolute atomic E-state index is 0.800. The second-order valence-corrected chi connectivity index (χ2v) is 4.63. The van der Waals surface area contributed by atoms with E-state index in [1.165, 1.54) is 5.56 Å². The van der Waals surface area contributed by atoms with Crippen LogP contribution in [0.4, 0.5) is 0 Å². The molecule has 2 aromatic heterocycles. The quantitative estimate of drug-likeness (QED) is 0.823. The fourth-order valence-electron chi connectivity index (χ4n) is 1.85. The van der Waals surface area contributed by atoms with Crippen LogP contribution < -0.4 is 0 Å². The van der Waals surface area contributed by atoms with Gasteiger partial charge in [-0.25, -0.2) is 0 Å². The first-order valence-electron chi connectivity index (χ1n) is 6.01. The van der Waals surface area contributed by atoms with Crippen molar-refractivity contribution < 1.29 is 0 Å². The maximum absolute atomic E-state index is 4.36. The van der Waals surface area contributed by atoms with Crippen molar-refractivity contribution in [1.29, 1.82) is 0 Å². The van der Waals surface area contributed by atoms with Crippen LogP contribution in [0.25, 0.3) is 0 Å². The number of aryl methyl sites for hydroxylation is 2. The molecule has 0 bridgehead atoms. The van der Waals surface area contributed by atoms with Gasteiger partial charge in [-0.05, 0) is 38.6 Å². The first kappa shape index (κ1) is 12.6. The Hall–Kier alpha value is -1.81. The summed E-state index contributed by atoms with van der Waals surface area (Å²) in [5.41, 5.74) is 4.26. The standard InChI is InChI=1S/C14H18N4/c1-11-6-13(4-5-15-11)9-18(3)10-14-8-16-12(2)7-17-14/h4-8H,9-10H2,1-3H3. The lowest BCUT2D eigenvalue weighted by molar-refractivity contribution is 0.314. The molecule has 0 unspecified atom stereocenters. The van der Waals surface area contributed by atoms with Gasteiger partial charge >= 0.3 is 0 Å². The van der Waals surface area contributed by atoms with Crippen molar-refractivity contribution in [2.75, 3.05) is 7.05 Å². The van der Waals surface area contributed by atoms with E-state index in [9.17, 15) is 0 Å². The Balaban J connectivity index is 1.96. The van der Waals surface area contributed by atoms with Crippen LogP contribution in [0.2, 0.25) is 0 Å². The Morgan fingerprint density at radius 2 is 1.83 bits per heavy atom. The number of nitrogens with zero attached hydrogens (tertiary/aromatic N) is 4. The molecule has 0 fully saturated rings. The van der Waals surface area contributed by atoms with Crippen LogP contribution in [0.5, 0.6) is 0 Å². The van der Waals surface area contributed by atoms with Crippen molar-refractivity contribution in [3.8, 4) is 0 Å². The maximum atomic E-state index is 4.36. The number of hydrogen-bond acceptors (Lipinski definition) is 4. The first-order chi connectivity index (χ1) is 8.63. The molecule has 94 valence electrons. The van der Waals surface area contributed by atoms with Gasteiger partial charge < -0.3 is 0 Å². The number of rotatable bonds is 4. The van der Waals surface area contributed by atoms with Crippen LogP contribution in [0.1, 0.15) is 22.6 Å². The van der Waals surface area contributed by atoms with E-state index >= 15 is 0 Å². The summed E-state index contributed by atoms with van der Waals surface area (Å²) in [6.07, 6.45) is 5.49. The summed E-state index contributed by atoms with van der Waals surface area (Å²) in [5.74, 6) is 0. The average Bonchev–Trinajstić information content (AvgIpc) is 2.32. The summed E-state index contributed by atoms with van der Waals surface area (Å²) in [7, 11) is 2.08. The second-order valence-electron chi connectivity index (χ2n) is 4.63. The molecule has 0 N–H and O–H groups in total. The summed E-state index contributed by atoms with van der Waals surface area (Å²) in [6.45, 7) is 5.64. The van der Waals surface area contributed by atoms with E-state index in [4.69, 9.17) is 0 Å². The molecular formula is C14H18N4. The zero-order valence-electron chi connectivity index (χ0n) is 11.1. The summed E-state index contributed by atoms with van der Waals surface area (Å²) >= 11 is 0. The Morgan fingerprint density at radius 3 is 2.50 bits per heavy atom. The van der Waals surface area contributed by atoms with Crippen molar-refractivity contribution in [2.45, 2.75) is 26.9 Å². The van der Waals surface area contributed by atoms with Crippen molar-refractivity contribution in [3.05, 3.63) is 53.4 Å². The van der Waals surface area contributed by atoms with Gasteiger partial charge in [0.15, 0.2) is 0 Å². The monoisotopic (exact) mass is 242 g/mol. The fourth-order valence-corrected chi connectivity index (χ4v) is 1.85. The smallest absolute Gasteiger partial charge is 0.0727 e. The highest BCUT2D eigenvalue weighted by atomic mass is 15.1. The van der Waals surface area contributed by atoms with Gasteiger partial charge in [-0.15, -0.1) is 0 Å². The summed E-state index contributed by atoms with van der Waals surface area (Å²) in [5, 5.41) is 0. The first-order valence-corrected chi connectivity index (χ1v) is 6.01. The molecule has 18 heavy (non-hydrogen) atoms. The molecule has 0 aliphatic rings. The highest BCUT2D eigenvalue weighted by Crippen LogP contribution is 2.06. The lowest BCUT2D eigenvalue weighted by Gasteiger charge is -2.16. The summed E-state index contributed by atoms with van der Waals surface area (Å²) in [4.78, 5) is 15.0. The van der Waals surface area contributed by atoms with E-state index in [1.807, 2.05) is 32.3 Å². The van der Waals surface area contributed by atoms with Gasteiger partial charge in [0.25, 0.3) is 0 Å². The van der Waals surface area contributed by atoms with Gasteiger partial charge in [0.2, 0.25) is 0 Å². The topological polar surface area (TPSA) is 41.9 Å². The van der Waals surface area contributed by atoms with E-state index < -0.39 is 0 Å². The molecule has 0 aliphatic carbocycles. The predicted molar refractivity (Wildman–Crippen MR) is 70.9 cm³/mol. The predicted octanol–water partition coefficient (Wildman–Crippen LogP) is 2.12. The molecule has 0 amide bonds. The Labute approximate surface area is 108 Å². The van der Waals surface area contributed by atoms with Gasteiger partial charge in [-0.2, -0.15) is 0 Å². The zero-order chi connectivity index (χ0) is 13.0. The molecule has 2 heterocycles. The Kier molecular flexibility index (Phi) is 3.99. The van der Waals surface area contributed by atoms with Crippen molar-refractivity contribution >= 4 is 0 Å². The molecule has 2 rings (SSSR count). The van der Waals surface area contributed by atoms with E-state index in [0.717, 1.165) is 30.2 Å². The third-order valence-corrected chi connectivity index (χ3v) is 2.68. The van der Waals surface area contributed by atoms with Gasteiger partial charge in [-0.1, -0.05) is 0 Å². The van der Waals surface area contributed by atoms with Crippen LogP contribution in [0.15, 0.2) is 30.7 Å². The minimum atomic E-state index is 0.800. The molecule has 0 saturated carbocycles. The van der Waals surface area contributed by atoms with Gasteiger partial charge in [0.1, 0.15) is 0 Å². The van der Waals surface area contributed by atoms with Crippen LogP contribution in [0.3, 0.4) is 0 Å². The molecule has 4 heteroatoms. The fraction of sp³-hybridized carbons (Fsp3) is 0.357. The van der Waals surface area contributed by atoms with Crippen molar-refractivity contribution in [1.82, 2.24) is 19.9 Å². The SMILES string of the molecule is Cc1cnc(CN(C)Cc2ccnc(C)c2)cn1. The molecule has 0 saturated heterocycles. The minimum Gasteiger partial charge on any atom is -0.296 e. The molecule has 0 aliphatic heterocycles. The Bertz CT molecular complexity index is 507. The van der Waals surface area contributed by atoms with Gasteiger partial charge in [0, 0.05) is 37.4 Å². The maximum Gasteiger partial charge on any atom is 0.0727 e. The number of pyridine rings is 1. The third kappa shape index (κ3) is 3.60. The van der Waals surface area contributed by atoms with E-state index in [-0.39, 0.29) is 0 Å². The van der Waals surface area contributed by atoms with Gasteiger partial charge in [-0.3, -0.25) is 19.9 Å². The second kappa shape index (κ2) is 5.69. The van der Waals surface area contributed by atoms with Crippen molar-refractivity contribution in [2.24, 2.45) is 0 Å². The van der Waals surface area contributed by atoms with Crippen molar-refractivity contribution in [3.63, 3.8) is 0 Å². The lowest BCUT2D eigenvalue weighted by atomic mass is 10.2. The van der Waals surface area contributed by atoms with E-state index in [2.05, 4.69) is 33.0 Å². The van der Waals surface area contributed by atoms with Crippen LogP contribution in [-0.4, -0.2) is 26.9 Å². The molecule has 4 nitrogen and oxygen atoms in total. The normalized spacial score (nSPS) is 10.9. The Morgan fingerprint density at radius 1 is 1.00 bits per heavy atom. The van der Waals surface area contributed by atoms with Crippen LogP contribution in [0, 0.1) is 13.8 Å². The van der Waals surface area contributed by atoms with E-state index in [0.29, 0.717) is 0 Å². The zero-order valence-corrected chi connectivity index (χ0v) is 11.1. The molecule has 0 aromatic carbocycles. The van der Waals surface area contributed by atoms with Gasteiger partial charge in [0.05, 0.1) is 11.4 Å². The van der Waals surface area contributed by atoms with Crippen LogP contribution >= 0.6 is 0 Å². The molecule has 0 spiro atoms. The summed E-state index contributed by atoms with van der Waals surface area (Å²) in [6, 6.07) is 4.15. The van der Waals surface area contributed by atoms with E-state index in [1.54, 1.807) is 6.20 Å². The largest absolute Gasteiger partial charge is 0.296 e. The lowest BCUT2D eigenvalue weighted by Crippen LogP contribution is -2.18. The average molecular weight is 242 g/mol. The highest BCUT2D eigenvalue weighted by molar-refractivity contribution is 5.15. The number of aromatic nitrogens is 3.